The Bertz CT molecular complexity index is 168. The number of hydrogen-bond donors (Lipinski definition) is 1. The molecule has 62 valence electrons. The molecule has 2 nitrogen and oxygen atoms in total. The minimum absolute atomic E-state index is 0.809. The Hall–Kier alpha value is -0.340. The van der Waals surface area contributed by atoms with Crippen molar-refractivity contribution in [1.82, 2.24) is 10.2 Å². The lowest BCUT2D eigenvalue weighted by Gasteiger charge is -2.22. The third kappa shape index (κ3) is 1.47. The molecule has 0 spiro atoms. The zero-order chi connectivity index (χ0) is 7.68. The fraction of sp³-hybridized carbons (Fsp3) is 0.778. The molecule has 1 fully saturated rings. The Kier molecular flexibility index (Phi) is 1.96. The molecule has 0 aliphatic carbocycles. The van der Waals surface area contributed by atoms with E-state index in [2.05, 4.69) is 23.2 Å². The normalized spacial score (nSPS) is 32.8. The summed E-state index contributed by atoms with van der Waals surface area (Å²) < 4.78 is 0. The van der Waals surface area contributed by atoms with Gasteiger partial charge in [0.1, 0.15) is 0 Å². The highest BCUT2D eigenvalue weighted by molar-refractivity contribution is 5.10. The highest BCUT2D eigenvalue weighted by Gasteiger charge is 2.23. The van der Waals surface area contributed by atoms with E-state index in [4.69, 9.17) is 0 Å². The van der Waals surface area contributed by atoms with Gasteiger partial charge in [-0.3, -0.25) is 4.90 Å². The maximum atomic E-state index is 3.40. The molecule has 1 saturated heterocycles. The standard InChI is InChI=1S/C9H16N2/c1-8-3-5-11(7-8)9-2-4-10-6-9/h3,9-10H,2,4-7H2,1H3. The molecule has 1 N–H and O–H groups in total. The Morgan fingerprint density at radius 1 is 1.64 bits per heavy atom. The molecule has 2 aliphatic rings. The second-order valence-corrected chi connectivity index (χ2v) is 3.63. The smallest absolute Gasteiger partial charge is 0.0239 e. The van der Waals surface area contributed by atoms with E-state index >= 15 is 0 Å². The molecule has 1 unspecified atom stereocenters. The summed E-state index contributed by atoms with van der Waals surface area (Å²) in [7, 11) is 0. The summed E-state index contributed by atoms with van der Waals surface area (Å²) in [5, 5.41) is 3.40. The third-order valence-corrected chi connectivity index (χ3v) is 2.68. The van der Waals surface area contributed by atoms with Crippen LogP contribution < -0.4 is 5.32 Å². The van der Waals surface area contributed by atoms with Crippen molar-refractivity contribution in [2.24, 2.45) is 0 Å². The first-order chi connectivity index (χ1) is 5.36. The van der Waals surface area contributed by atoms with E-state index in [1.165, 1.54) is 38.2 Å². The van der Waals surface area contributed by atoms with Crippen LogP contribution in [0.15, 0.2) is 11.6 Å². The highest BCUT2D eigenvalue weighted by atomic mass is 15.2. The van der Waals surface area contributed by atoms with E-state index in [1.54, 1.807) is 0 Å². The first kappa shape index (κ1) is 7.32. The lowest BCUT2D eigenvalue weighted by Crippen LogP contribution is -2.35. The molecule has 0 radical (unpaired) electrons. The van der Waals surface area contributed by atoms with Crippen LogP contribution >= 0.6 is 0 Å². The van der Waals surface area contributed by atoms with Crippen molar-refractivity contribution in [3.63, 3.8) is 0 Å². The maximum absolute atomic E-state index is 3.40. The van der Waals surface area contributed by atoms with Crippen molar-refractivity contribution < 1.29 is 0 Å². The van der Waals surface area contributed by atoms with Crippen molar-refractivity contribution in [2.75, 3.05) is 26.2 Å². The summed E-state index contributed by atoms with van der Waals surface area (Å²) in [4.78, 5) is 2.56. The number of hydrogen-bond acceptors (Lipinski definition) is 2. The molecular weight excluding hydrogens is 136 g/mol. The van der Waals surface area contributed by atoms with Crippen LogP contribution in [0.4, 0.5) is 0 Å². The Morgan fingerprint density at radius 2 is 2.55 bits per heavy atom. The van der Waals surface area contributed by atoms with E-state index in [0.29, 0.717) is 0 Å². The van der Waals surface area contributed by atoms with Crippen LogP contribution in [0.1, 0.15) is 13.3 Å². The van der Waals surface area contributed by atoms with Gasteiger partial charge in [0.2, 0.25) is 0 Å². The van der Waals surface area contributed by atoms with Gasteiger partial charge in [-0.15, -0.1) is 0 Å². The van der Waals surface area contributed by atoms with Gasteiger partial charge in [0.15, 0.2) is 0 Å². The maximum Gasteiger partial charge on any atom is 0.0239 e. The SMILES string of the molecule is CC1=CCN(C2CCNC2)C1. The van der Waals surface area contributed by atoms with Gasteiger partial charge in [-0.25, -0.2) is 0 Å². The summed E-state index contributed by atoms with van der Waals surface area (Å²) in [6, 6.07) is 0.809. The Labute approximate surface area is 68.3 Å². The van der Waals surface area contributed by atoms with Gasteiger partial charge >= 0.3 is 0 Å². The molecular formula is C9H16N2. The van der Waals surface area contributed by atoms with Gasteiger partial charge in [0.05, 0.1) is 0 Å². The average Bonchev–Trinajstić information content (AvgIpc) is 2.55. The molecule has 11 heavy (non-hydrogen) atoms. The van der Waals surface area contributed by atoms with Crippen LogP contribution in [-0.2, 0) is 0 Å². The summed E-state index contributed by atoms with van der Waals surface area (Å²) >= 11 is 0. The van der Waals surface area contributed by atoms with Crippen LogP contribution in [0, 0.1) is 0 Å². The predicted molar refractivity (Wildman–Crippen MR) is 46.6 cm³/mol. The first-order valence-electron chi connectivity index (χ1n) is 4.46. The molecule has 2 aliphatic heterocycles. The van der Waals surface area contributed by atoms with Crippen LogP contribution in [0.3, 0.4) is 0 Å². The predicted octanol–water partition coefficient (Wildman–Crippen LogP) is 0.610. The number of rotatable bonds is 1. The van der Waals surface area contributed by atoms with Gasteiger partial charge < -0.3 is 5.32 Å². The van der Waals surface area contributed by atoms with Crippen molar-refractivity contribution in [3.05, 3.63) is 11.6 Å². The van der Waals surface area contributed by atoms with Gasteiger partial charge in [-0.1, -0.05) is 11.6 Å². The summed E-state index contributed by atoms with van der Waals surface area (Å²) in [5.41, 5.74) is 1.54. The Morgan fingerprint density at radius 3 is 3.09 bits per heavy atom. The molecule has 0 aromatic rings. The van der Waals surface area contributed by atoms with Crippen molar-refractivity contribution in [1.29, 1.82) is 0 Å². The molecule has 0 bridgehead atoms. The molecule has 2 heterocycles. The number of nitrogens with one attached hydrogen (secondary N) is 1. The first-order valence-corrected chi connectivity index (χ1v) is 4.46. The van der Waals surface area contributed by atoms with Gasteiger partial charge in [-0.2, -0.15) is 0 Å². The van der Waals surface area contributed by atoms with E-state index in [-0.39, 0.29) is 0 Å². The van der Waals surface area contributed by atoms with E-state index in [1.807, 2.05) is 0 Å². The summed E-state index contributed by atoms with van der Waals surface area (Å²) in [6.45, 7) is 7.01. The largest absolute Gasteiger partial charge is 0.315 e. The van der Waals surface area contributed by atoms with Crippen molar-refractivity contribution >= 4 is 0 Å². The van der Waals surface area contributed by atoms with Crippen LogP contribution in [-0.4, -0.2) is 37.1 Å². The quantitative estimate of drug-likeness (QED) is 0.554. The monoisotopic (exact) mass is 152 g/mol. The van der Waals surface area contributed by atoms with Crippen LogP contribution in [0.5, 0.6) is 0 Å². The minimum atomic E-state index is 0.809. The lowest BCUT2D eigenvalue weighted by molar-refractivity contribution is 0.266. The van der Waals surface area contributed by atoms with Crippen LogP contribution in [0.25, 0.3) is 0 Å². The lowest BCUT2D eigenvalue weighted by atomic mass is 10.2. The zero-order valence-corrected chi connectivity index (χ0v) is 7.14. The topological polar surface area (TPSA) is 15.3 Å². The fourth-order valence-corrected chi connectivity index (χ4v) is 1.95. The highest BCUT2D eigenvalue weighted by Crippen LogP contribution is 2.15. The van der Waals surface area contributed by atoms with E-state index in [0.717, 1.165) is 6.04 Å². The summed E-state index contributed by atoms with van der Waals surface area (Å²) in [6.07, 6.45) is 3.68. The molecule has 0 amide bonds. The Balaban J connectivity index is 1.88. The molecule has 1 atom stereocenters. The van der Waals surface area contributed by atoms with Crippen molar-refractivity contribution in [3.8, 4) is 0 Å². The average molecular weight is 152 g/mol. The van der Waals surface area contributed by atoms with Crippen LogP contribution in [0.2, 0.25) is 0 Å². The molecule has 0 aromatic heterocycles. The fourth-order valence-electron chi connectivity index (χ4n) is 1.95. The van der Waals surface area contributed by atoms with Gasteiger partial charge in [-0.05, 0) is 19.9 Å². The second-order valence-electron chi connectivity index (χ2n) is 3.63. The van der Waals surface area contributed by atoms with Crippen molar-refractivity contribution in [2.45, 2.75) is 19.4 Å². The minimum Gasteiger partial charge on any atom is -0.315 e. The van der Waals surface area contributed by atoms with Gasteiger partial charge in [0, 0.05) is 25.7 Å². The molecule has 2 rings (SSSR count). The molecule has 0 aromatic carbocycles. The third-order valence-electron chi connectivity index (χ3n) is 2.68. The van der Waals surface area contributed by atoms with E-state index < -0.39 is 0 Å². The molecule has 0 saturated carbocycles. The summed E-state index contributed by atoms with van der Waals surface area (Å²) in [5.74, 6) is 0. The number of nitrogens with zero attached hydrogens (tertiary/aromatic N) is 1. The van der Waals surface area contributed by atoms with E-state index in [9.17, 15) is 0 Å². The zero-order valence-electron chi connectivity index (χ0n) is 7.14. The molecule has 2 heteroatoms. The second kappa shape index (κ2) is 2.95. The van der Waals surface area contributed by atoms with Gasteiger partial charge in [0.25, 0.3) is 0 Å².